The molecule has 0 aromatic heterocycles. The fourth-order valence-corrected chi connectivity index (χ4v) is 1.97. The van der Waals surface area contributed by atoms with Gasteiger partial charge in [0.25, 0.3) is 0 Å². The number of rotatable bonds is 13. The van der Waals surface area contributed by atoms with E-state index in [-0.39, 0.29) is 0 Å². The first-order valence-corrected chi connectivity index (χ1v) is 9.49. The van der Waals surface area contributed by atoms with Crippen molar-refractivity contribution in [1.82, 2.24) is 0 Å². The van der Waals surface area contributed by atoms with E-state index in [0.29, 0.717) is 0 Å². The zero-order chi connectivity index (χ0) is 16.1. The second-order valence-corrected chi connectivity index (χ2v) is 5.69. The molecule has 0 N–H and O–H groups in total. The topological polar surface area (TPSA) is 0 Å². The van der Waals surface area contributed by atoms with Crippen LogP contribution in [-0.2, 0) is 0 Å². The van der Waals surface area contributed by atoms with Crippen molar-refractivity contribution in [1.29, 1.82) is 0 Å². The summed E-state index contributed by atoms with van der Waals surface area (Å²) in [6.07, 6.45) is 34.1. The van der Waals surface area contributed by atoms with Gasteiger partial charge in [-0.3, -0.25) is 0 Å². The van der Waals surface area contributed by atoms with Gasteiger partial charge in [0.1, 0.15) is 0 Å². The van der Waals surface area contributed by atoms with Crippen LogP contribution in [0.25, 0.3) is 0 Å². The van der Waals surface area contributed by atoms with Gasteiger partial charge < -0.3 is 0 Å². The van der Waals surface area contributed by atoms with Gasteiger partial charge in [-0.15, -0.1) is 0 Å². The van der Waals surface area contributed by atoms with Gasteiger partial charge in [-0.1, -0.05) is 95.8 Å². The summed E-state index contributed by atoms with van der Waals surface area (Å²) in [6.45, 7) is 2.16. The van der Waals surface area contributed by atoms with E-state index in [1.807, 2.05) is 0 Å². The Kier molecular flexibility index (Phi) is 18.9. The summed E-state index contributed by atoms with van der Waals surface area (Å²) in [5, 5.41) is 1.05. The quantitative estimate of drug-likeness (QED) is 0.235. The van der Waals surface area contributed by atoms with Crippen LogP contribution >= 0.6 is 15.9 Å². The van der Waals surface area contributed by atoms with Crippen LogP contribution in [0.15, 0.2) is 72.9 Å². The van der Waals surface area contributed by atoms with Crippen molar-refractivity contribution < 1.29 is 0 Å². The van der Waals surface area contributed by atoms with E-state index in [1.54, 1.807) is 0 Å². The molecule has 0 nitrogen and oxygen atoms in total. The molecule has 0 amide bonds. The Morgan fingerprint density at radius 1 is 0.500 bits per heavy atom. The van der Waals surface area contributed by atoms with E-state index in [1.165, 1.54) is 0 Å². The molecule has 0 aromatic rings. The van der Waals surface area contributed by atoms with Crippen molar-refractivity contribution in [3.63, 3.8) is 0 Å². The van der Waals surface area contributed by atoms with Crippen molar-refractivity contribution in [2.45, 2.75) is 51.9 Å². The lowest BCUT2D eigenvalue weighted by Gasteiger charge is -1.86. The van der Waals surface area contributed by atoms with E-state index in [2.05, 4.69) is 95.8 Å². The summed E-state index contributed by atoms with van der Waals surface area (Å²) in [6, 6.07) is 0. The predicted molar refractivity (Wildman–Crippen MR) is 107 cm³/mol. The number of alkyl halides is 1. The van der Waals surface area contributed by atoms with Crippen molar-refractivity contribution >= 4 is 15.9 Å². The second-order valence-electron chi connectivity index (χ2n) is 4.89. The van der Waals surface area contributed by atoms with Crippen LogP contribution in [0.2, 0.25) is 0 Å². The van der Waals surface area contributed by atoms with Gasteiger partial charge in [-0.05, 0) is 44.9 Å². The average molecular weight is 363 g/mol. The molecule has 0 spiro atoms. The summed E-state index contributed by atoms with van der Waals surface area (Å²) in [7, 11) is 0. The summed E-state index contributed by atoms with van der Waals surface area (Å²) in [5.41, 5.74) is 0. The molecule has 22 heavy (non-hydrogen) atoms. The van der Waals surface area contributed by atoms with Gasteiger partial charge in [0.15, 0.2) is 0 Å². The number of halogens is 1. The first kappa shape index (κ1) is 20.9. The lowest BCUT2D eigenvalue weighted by molar-refractivity contribution is 1.19. The molecule has 0 heterocycles. The third-order valence-electron chi connectivity index (χ3n) is 2.87. The molecular formula is C21H31Br. The fraction of sp³-hybridized carbons (Fsp3) is 0.429. The largest absolute Gasteiger partial charge is 0.0925 e. The van der Waals surface area contributed by atoms with Crippen molar-refractivity contribution in [2.24, 2.45) is 0 Å². The summed E-state index contributed by atoms with van der Waals surface area (Å²) < 4.78 is 0. The van der Waals surface area contributed by atoms with Crippen LogP contribution in [-0.4, -0.2) is 5.33 Å². The monoisotopic (exact) mass is 362 g/mol. The third-order valence-corrected chi connectivity index (χ3v) is 3.33. The molecule has 1 heteroatoms. The molecule has 0 rings (SSSR count). The maximum Gasteiger partial charge on any atom is 0.00659 e. The summed E-state index contributed by atoms with van der Waals surface area (Å²) in [5.74, 6) is 0. The number of hydrogen-bond acceptors (Lipinski definition) is 0. The van der Waals surface area contributed by atoms with Crippen LogP contribution in [0, 0.1) is 0 Å². The Morgan fingerprint density at radius 3 is 1.14 bits per heavy atom. The Morgan fingerprint density at radius 2 is 0.818 bits per heavy atom. The SMILES string of the molecule is CC/C=C/C/C=C/C/C=C/C/C=C/C/C=C/C/C=C\CCBr. The standard InChI is InChI=1S/C21H31Br/c1-2-3-4-5-6-7-8-9-10-11-12-13-14-15-16-17-18-19-20-21-22/h3-4,6-7,9-10,12-13,15-16,18-19H,2,5,8,11,14,17,20-21H2,1H3/b4-3+,7-6+,10-9+,13-12+,16-15+,19-18-. The van der Waals surface area contributed by atoms with Crippen LogP contribution in [0.1, 0.15) is 51.9 Å². The molecule has 0 saturated heterocycles. The predicted octanol–water partition coefficient (Wildman–Crippen LogP) is 7.47. The normalized spacial score (nSPS) is 13.4. The molecule has 0 atom stereocenters. The van der Waals surface area contributed by atoms with E-state index in [9.17, 15) is 0 Å². The van der Waals surface area contributed by atoms with Crippen LogP contribution in [0.3, 0.4) is 0 Å². The van der Waals surface area contributed by atoms with Crippen molar-refractivity contribution in [2.75, 3.05) is 5.33 Å². The van der Waals surface area contributed by atoms with Gasteiger partial charge in [-0.25, -0.2) is 0 Å². The van der Waals surface area contributed by atoms with Gasteiger partial charge >= 0.3 is 0 Å². The summed E-state index contributed by atoms with van der Waals surface area (Å²) in [4.78, 5) is 0. The Labute approximate surface area is 146 Å². The van der Waals surface area contributed by atoms with Gasteiger partial charge in [-0.2, -0.15) is 0 Å². The zero-order valence-corrected chi connectivity index (χ0v) is 15.5. The molecule has 0 fully saturated rings. The van der Waals surface area contributed by atoms with Crippen LogP contribution in [0.5, 0.6) is 0 Å². The van der Waals surface area contributed by atoms with E-state index in [0.717, 1.165) is 50.3 Å². The molecule has 0 aliphatic heterocycles. The molecule has 0 bridgehead atoms. The fourth-order valence-electron chi connectivity index (χ4n) is 1.70. The van der Waals surface area contributed by atoms with Gasteiger partial charge in [0, 0.05) is 5.33 Å². The first-order chi connectivity index (χ1) is 10.9. The van der Waals surface area contributed by atoms with Crippen molar-refractivity contribution in [3.05, 3.63) is 72.9 Å². The Bertz CT molecular complexity index is 381. The lowest BCUT2D eigenvalue weighted by Crippen LogP contribution is -1.66. The minimum Gasteiger partial charge on any atom is -0.0925 e. The average Bonchev–Trinajstić information content (AvgIpc) is 2.54. The maximum atomic E-state index is 3.41. The number of hydrogen-bond donors (Lipinski definition) is 0. The van der Waals surface area contributed by atoms with Crippen LogP contribution < -0.4 is 0 Å². The maximum absolute atomic E-state index is 3.41. The molecule has 122 valence electrons. The van der Waals surface area contributed by atoms with Crippen LogP contribution in [0.4, 0.5) is 0 Å². The Hall–Kier alpha value is -1.08. The highest BCUT2D eigenvalue weighted by Gasteiger charge is 1.76. The van der Waals surface area contributed by atoms with Gasteiger partial charge in [0.05, 0.1) is 0 Å². The van der Waals surface area contributed by atoms with E-state index >= 15 is 0 Å². The zero-order valence-electron chi connectivity index (χ0n) is 14.0. The highest BCUT2D eigenvalue weighted by atomic mass is 79.9. The molecule has 0 aliphatic rings. The molecule has 0 aromatic carbocycles. The molecule has 0 aliphatic carbocycles. The smallest absolute Gasteiger partial charge is 0.00659 e. The van der Waals surface area contributed by atoms with Gasteiger partial charge in [0.2, 0.25) is 0 Å². The van der Waals surface area contributed by atoms with E-state index in [4.69, 9.17) is 0 Å². The van der Waals surface area contributed by atoms with Crippen molar-refractivity contribution in [3.8, 4) is 0 Å². The molecule has 0 saturated carbocycles. The lowest BCUT2D eigenvalue weighted by atomic mass is 10.2. The third kappa shape index (κ3) is 18.9. The molecule has 0 unspecified atom stereocenters. The highest BCUT2D eigenvalue weighted by Crippen LogP contribution is 1.97. The molecule has 0 radical (unpaired) electrons. The minimum absolute atomic E-state index is 1.03. The number of allylic oxidation sites excluding steroid dienone is 12. The first-order valence-electron chi connectivity index (χ1n) is 8.37. The second kappa shape index (κ2) is 19.9. The highest BCUT2D eigenvalue weighted by molar-refractivity contribution is 9.09. The molecular weight excluding hydrogens is 332 g/mol. The minimum atomic E-state index is 1.03. The summed E-state index contributed by atoms with van der Waals surface area (Å²) >= 11 is 3.41. The Balaban J connectivity index is 3.48. The van der Waals surface area contributed by atoms with E-state index < -0.39 is 0 Å².